The van der Waals surface area contributed by atoms with Crippen molar-refractivity contribution in [2.45, 2.75) is 26.9 Å². The van der Waals surface area contributed by atoms with E-state index in [1.54, 1.807) is 0 Å². The lowest BCUT2D eigenvalue weighted by Gasteiger charge is -2.23. The Labute approximate surface area is 115 Å². The summed E-state index contributed by atoms with van der Waals surface area (Å²) < 4.78 is 37.3. The van der Waals surface area contributed by atoms with Crippen LogP contribution in [-0.2, 0) is 4.79 Å². The van der Waals surface area contributed by atoms with Crippen LogP contribution in [0.2, 0.25) is 0 Å². The molecule has 0 atom stereocenters. The van der Waals surface area contributed by atoms with E-state index in [1.807, 2.05) is 18.7 Å². The molecule has 0 aromatic carbocycles. The number of carbonyl (C=O) groups is 1. The molecule has 1 aromatic rings. The van der Waals surface area contributed by atoms with Crippen LogP contribution in [0.4, 0.5) is 24.8 Å². The lowest BCUT2D eigenvalue weighted by atomic mass is 10.4. The van der Waals surface area contributed by atoms with Gasteiger partial charge < -0.3 is 9.80 Å². The van der Waals surface area contributed by atoms with Crippen molar-refractivity contribution in [3.63, 3.8) is 0 Å². The Bertz CT molecular complexity index is 443. The molecule has 1 aromatic heterocycles. The van der Waals surface area contributed by atoms with Crippen molar-refractivity contribution in [3.05, 3.63) is 12.4 Å². The summed E-state index contributed by atoms with van der Waals surface area (Å²) in [6.07, 6.45) is -2.45. The molecule has 0 bridgehead atoms. The van der Waals surface area contributed by atoms with E-state index in [4.69, 9.17) is 0 Å². The minimum atomic E-state index is -4.91. The van der Waals surface area contributed by atoms with Crippen LogP contribution in [-0.4, -0.2) is 41.7 Å². The zero-order valence-electron chi connectivity index (χ0n) is 11.6. The third-order valence-corrected chi connectivity index (χ3v) is 2.79. The van der Waals surface area contributed by atoms with Gasteiger partial charge in [0.25, 0.3) is 0 Å². The van der Waals surface area contributed by atoms with Crippen molar-refractivity contribution in [3.8, 4) is 0 Å². The number of hydrogen-bond acceptors (Lipinski definition) is 4. The molecule has 0 aliphatic heterocycles. The molecular formula is C12H17F3N4O. The quantitative estimate of drug-likeness (QED) is 0.834. The summed E-state index contributed by atoms with van der Waals surface area (Å²) in [7, 11) is 0. The van der Waals surface area contributed by atoms with Gasteiger partial charge in [0.1, 0.15) is 0 Å². The summed E-state index contributed by atoms with van der Waals surface area (Å²) in [5, 5.41) is 0. The number of hydrogen-bond donors (Lipinski definition) is 0. The number of aromatic nitrogens is 2. The van der Waals surface area contributed by atoms with Crippen LogP contribution >= 0.6 is 0 Å². The van der Waals surface area contributed by atoms with Gasteiger partial charge in [0, 0.05) is 19.6 Å². The van der Waals surface area contributed by atoms with Crippen molar-refractivity contribution in [1.29, 1.82) is 0 Å². The molecule has 0 fully saturated rings. The predicted molar refractivity (Wildman–Crippen MR) is 69.7 cm³/mol. The second-order valence-electron chi connectivity index (χ2n) is 3.96. The van der Waals surface area contributed by atoms with Crippen LogP contribution < -0.4 is 9.80 Å². The Morgan fingerprint density at radius 2 is 1.60 bits per heavy atom. The number of alkyl halides is 3. The molecular weight excluding hydrogens is 273 g/mol. The van der Waals surface area contributed by atoms with E-state index in [1.165, 1.54) is 19.3 Å². The number of nitrogens with zero attached hydrogens (tertiary/aromatic N) is 4. The van der Waals surface area contributed by atoms with Gasteiger partial charge in [0.15, 0.2) is 0 Å². The molecule has 1 rings (SSSR count). The van der Waals surface area contributed by atoms with Crippen LogP contribution in [0, 0.1) is 0 Å². The van der Waals surface area contributed by atoms with Gasteiger partial charge in [-0.3, -0.25) is 4.79 Å². The summed E-state index contributed by atoms with van der Waals surface area (Å²) in [6, 6.07) is 0. The van der Waals surface area contributed by atoms with Gasteiger partial charge in [0.05, 0.1) is 18.1 Å². The fourth-order valence-corrected chi connectivity index (χ4v) is 1.72. The van der Waals surface area contributed by atoms with E-state index >= 15 is 0 Å². The smallest absolute Gasteiger partial charge is 0.341 e. The highest BCUT2D eigenvalue weighted by Crippen LogP contribution is 2.23. The molecule has 5 nitrogen and oxygen atoms in total. The van der Waals surface area contributed by atoms with E-state index in [-0.39, 0.29) is 12.2 Å². The average molecular weight is 290 g/mol. The van der Waals surface area contributed by atoms with Crippen LogP contribution in [0.25, 0.3) is 0 Å². The maximum absolute atomic E-state index is 12.4. The molecule has 0 saturated heterocycles. The first-order chi connectivity index (χ1) is 9.35. The maximum atomic E-state index is 12.4. The molecule has 8 heteroatoms. The molecule has 0 aliphatic carbocycles. The number of amides is 1. The fourth-order valence-electron chi connectivity index (χ4n) is 1.72. The summed E-state index contributed by atoms with van der Waals surface area (Å²) >= 11 is 0. The van der Waals surface area contributed by atoms with E-state index < -0.39 is 12.1 Å². The van der Waals surface area contributed by atoms with Gasteiger partial charge in [0.2, 0.25) is 5.95 Å². The Hall–Kier alpha value is -1.86. The number of rotatable bonds is 5. The van der Waals surface area contributed by atoms with Crippen molar-refractivity contribution < 1.29 is 18.0 Å². The minimum Gasteiger partial charge on any atom is -0.341 e. The summed E-state index contributed by atoms with van der Waals surface area (Å²) in [6.45, 7) is 6.58. The van der Waals surface area contributed by atoms with Gasteiger partial charge in [-0.05, 0) is 20.8 Å². The zero-order chi connectivity index (χ0) is 15.3. The third-order valence-electron chi connectivity index (χ3n) is 2.79. The maximum Gasteiger partial charge on any atom is 0.471 e. The van der Waals surface area contributed by atoms with Crippen molar-refractivity contribution >= 4 is 17.5 Å². The summed E-state index contributed by atoms with van der Waals surface area (Å²) in [4.78, 5) is 21.7. The van der Waals surface area contributed by atoms with E-state index in [0.29, 0.717) is 23.9 Å². The van der Waals surface area contributed by atoms with Crippen LogP contribution in [0.1, 0.15) is 20.8 Å². The zero-order valence-corrected chi connectivity index (χ0v) is 11.6. The summed E-state index contributed by atoms with van der Waals surface area (Å²) in [5.74, 6) is -1.49. The number of halogens is 3. The topological polar surface area (TPSA) is 49.3 Å². The Morgan fingerprint density at radius 3 is 1.95 bits per heavy atom. The SMILES string of the molecule is CCN(CC)c1ncc(N(CC)C(=O)C(F)(F)F)cn1. The Morgan fingerprint density at radius 1 is 1.10 bits per heavy atom. The lowest BCUT2D eigenvalue weighted by Crippen LogP contribution is -2.41. The van der Waals surface area contributed by atoms with Gasteiger partial charge >= 0.3 is 12.1 Å². The molecule has 0 N–H and O–H groups in total. The van der Waals surface area contributed by atoms with Gasteiger partial charge in [-0.15, -0.1) is 0 Å². The van der Waals surface area contributed by atoms with E-state index in [0.717, 1.165) is 0 Å². The first kappa shape index (κ1) is 16.2. The third kappa shape index (κ3) is 3.58. The molecule has 112 valence electrons. The normalized spacial score (nSPS) is 11.3. The highest BCUT2D eigenvalue weighted by molar-refractivity contribution is 5.97. The highest BCUT2D eigenvalue weighted by atomic mass is 19.4. The largest absolute Gasteiger partial charge is 0.471 e. The molecule has 20 heavy (non-hydrogen) atoms. The fraction of sp³-hybridized carbons (Fsp3) is 0.583. The first-order valence-electron chi connectivity index (χ1n) is 6.30. The Balaban J connectivity index is 2.99. The van der Waals surface area contributed by atoms with Crippen molar-refractivity contribution in [2.24, 2.45) is 0 Å². The molecule has 0 radical (unpaired) electrons. The highest BCUT2D eigenvalue weighted by Gasteiger charge is 2.42. The lowest BCUT2D eigenvalue weighted by molar-refractivity contribution is -0.170. The Kier molecular flexibility index (Phi) is 5.29. The average Bonchev–Trinajstić information content (AvgIpc) is 2.41. The minimum absolute atomic E-state index is 0.0331. The van der Waals surface area contributed by atoms with Crippen LogP contribution in [0.5, 0.6) is 0 Å². The second-order valence-corrected chi connectivity index (χ2v) is 3.96. The molecule has 0 saturated carbocycles. The van der Waals surface area contributed by atoms with Gasteiger partial charge in [-0.2, -0.15) is 13.2 Å². The van der Waals surface area contributed by atoms with Crippen molar-refractivity contribution in [1.82, 2.24) is 9.97 Å². The van der Waals surface area contributed by atoms with Crippen LogP contribution in [0.3, 0.4) is 0 Å². The molecule has 0 spiro atoms. The second kappa shape index (κ2) is 6.53. The van der Waals surface area contributed by atoms with E-state index in [2.05, 4.69) is 9.97 Å². The van der Waals surface area contributed by atoms with E-state index in [9.17, 15) is 18.0 Å². The standard InChI is InChI=1S/C12H17F3N4O/c1-4-18(5-2)11-16-7-9(8-17-11)19(6-3)10(20)12(13,14)15/h7-8H,4-6H2,1-3H3. The number of carbonyl (C=O) groups excluding carboxylic acids is 1. The van der Waals surface area contributed by atoms with Crippen molar-refractivity contribution in [2.75, 3.05) is 29.4 Å². The summed E-state index contributed by atoms with van der Waals surface area (Å²) in [5.41, 5.74) is 0.0331. The predicted octanol–water partition coefficient (Wildman–Crippen LogP) is 2.24. The first-order valence-corrected chi connectivity index (χ1v) is 6.30. The van der Waals surface area contributed by atoms with Crippen LogP contribution in [0.15, 0.2) is 12.4 Å². The molecule has 0 aliphatic rings. The molecule has 1 amide bonds. The van der Waals surface area contributed by atoms with Gasteiger partial charge in [-0.1, -0.05) is 0 Å². The molecule has 1 heterocycles. The molecule has 0 unspecified atom stereocenters. The number of anilines is 2. The monoisotopic (exact) mass is 290 g/mol. The van der Waals surface area contributed by atoms with Gasteiger partial charge in [-0.25, -0.2) is 9.97 Å².